The molecule has 0 saturated carbocycles. The van der Waals surface area contributed by atoms with Gasteiger partial charge in [0, 0.05) is 23.3 Å². The third-order valence-corrected chi connectivity index (χ3v) is 2.95. The summed E-state index contributed by atoms with van der Waals surface area (Å²) in [4.78, 5) is 4.20. The lowest BCUT2D eigenvalue weighted by molar-refractivity contribution is 0.293. The van der Waals surface area contributed by atoms with E-state index in [-0.39, 0.29) is 0 Å². The first kappa shape index (κ1) is 13.1. The largest absolute Gasteiger partial charge is 0.473 e. The van der Waals surface area contributed by atoms with Crippen LogP contribution in [0.25, 0.3) is 0 Å². The second-order valence-electron chi connectivity index (χ2n) is 3.95. The smallest absolute Gasteiger partial charge is 0.213 e. The summed E-state index contributed by atoms with van der Waals surface area (Å²) in [6, 6.07) is 12.0. The van der Waals surface area contributed by atoms with Gasteiger partial charge in [-0.2, -0.15) is 0 Å². The van der Waals surface area contributed by atoms with Crippen molar-refractivity contribution in [3.63, 3.8) is 0 Å². The summed E-state index contributed by atoms with van der Waals surface area (Å²) in [7, 11) is 1.92. The number of ether oxygens (including phenoxy) is 1. The molecule has 4 heteroatoms. The Hall–Kier alpha value is -1.39. The topological polar surface area (TPSA) is 34.2 Å². The fraction of sp³-hybridized carbons (Fsp3) is 0.214. The van der Waals surface area contributed by atoms with Crippen molar-refractivity contribution in [3.8, 4) is 5.88 Å². The van der Waals surface area contributed by atoms with Crippen molar-refractivity contribution in [2.45, 2.75) is 13.2 Å². The van der Waals surface area contributed by atoms with Gasteiger partial charge < -0.3 is 10.1 Å². The van der Waals surface area contributed by atoms with E-state index in [4.69, 9.17) is 4.74 Å². The summed E-state index contributed by atoms with van der Waals surface area (Å²) < 4.78 is 6.73. The Morgan fingerprint density at radius 2 is 2.11 bits per heavy atom. The van der Waals surface area contributed by atoms with Crippen LogP contribution in [-0.2, 0) is 13.2 Å². The van der Waals surface area contributed by atoms with E-state index in [1.54, 1.807) is 6.20 Å². The Morgan fingerprint density at radius 3 is 2.89 bits per heavy atom. The van der Waals surface area contributed by atoms with E-state index in [1.165, 1.54) is 0 Å². The van der Waals surface area contributed by atoms with Gasteiger partial charge in [0.25, 0.3) is 0 Å². The second-order valence-corrected chi connectivity index (χ2v) is 4.87. The number of nitrogens with one attached hydrogen (secondary N) is 1. The third-order valence-electron chi connectivity index (χ3n) is 2.46. The Bertz CT molecular complexity index is 517. The molecular weight excluding hydrogens is 292 g/mol. The van der Waals surface area contributed by atoms with Gasteiger partial charge in [-0.3, -0.25) is 0 Å². The van der Waals surface area contributed by atoms with Crippen molar-refractivity contribution in [2.75, 3.05) is 7.05 Å². The zero-order valence-electron chi connectivity index (χ0n) is 10.2. The summed E-state index contributed by atoms with van der Waals surface area (Å²) >= 11 is 3.44. The van der Waals surface area contributed by atoms with Gasteiger partial charge in [0.1, 0.15) is 6.61 Å². The van der Waals surface area contributed by atoms with Crippen LogP contribution >= 0.6 is 15.9 Å². The van der Waals surface area contributed by atoms with Crippen molar-refractivity contribution in [1.82, 2.24) is 10.3 Å². The minimum absolute atomic E-state index is 0.523. The average molecular weight is 307 g/mol. The summed E-state index contributed by atoms with van der Waals surface area (Å²) in [5, 5.41) is 3.10. The fourth-order valence-electron chi connectivity index (χ4n) is 1.63. The van der Waals surface area contributed by atoms with E-state index < -0.39 is 0 Å². The summed E-state index contributed by atoms with van der Waals surface area (Å²) in [6.07, 6.45) is 1.77. The lowest BCUT2D eigenvalue weighted by atomic mass is 10.2. The first-order valence-electron chi connectivity index (χ1n) is 5.74. The molecular formula is C14H15BrN2O. The Balaban J connectivity index is 1.99. The number of halogens is 1. The summed E-state index contributed by atoms with van der Waals surface area (Å²) in [5.41, 5.74) is 2.28. The minimum atomic E-state index is 0.523. The van der Waals surface area contributed by atoms with Crippen LogP contribution < -0.4 is 10.1 Å². The van der Waals surface area contributed by atoms with Crippen LogP contribution in [0.5, 0.6) is 5.88 Å². The average Bonchev–Trinajstić information content (AvgIpc) is 2.37. The SMILES string of the molecule is CNCc1ccnc(OCc2cccc(Br)c2)c1. The molecule has 0 saturated heterocycles. The number of hydrogen-bond acceptors (Lipinski definition) is 3. The molecule has 1 aromatic heterocycles. The lowest BCUT2D eigenvalue weighted by Gasteiger charge is -2.07. The Labute approximate surface area is 115 Å². The molecule has 1 aromatic carbocycles. The van der Waals surface area contributed by atoms with Crippen molar-refractivity contribution in [2.24, 2.45) is 0 Å². The van der Waals surface area contributed by atoms with E-state index in [1.807, 2.05) is 43.4 Å². The van der Waals surface area contributed by atoms with Gasteiger partial charge in [-0.25, -0.2) is 4.98 Å². The first-order chi connectivity index (χ1) is 8.78. The van der Waals surface area contributed by atoms with Gasteiger partial charge in [0.15, 0.2) is 0 Å². The first-order valence-corrected chi connectivity index (χ1v) is 6.54. The minimum Gasteiger partial charge on any atom is -0.473 e. The second kappa shape index (κ2) is 6.52. The maximum absolute atomic E-state index is 5.67. The van der Waals surface area contributed by atoms with E-state index in [9.17, 15) is 0 Å². The van der Waals surface area contributed by atoms with E-state index in [0.717, 1.165) is 22.1 Å². The molecule has 3 nitrogen and oxygen atoms in total. The molecule has 0 fully saturated rings. The molecule has 1 heterocycles. The highest BCUT2D eigenvalue weighted by atomic mass is 79.9. The van der Waals surface area contributed by atoms with Gasteiger partial charge in [0.05, 0.1) is 0 Å². The molecule has 0 bridgehead atoms. The normalized spacial score (nSPS) is 10.3. The number of benzene rings is 1. The number of aromatic nitrogens is 1. The number of pyridine rings is 1. The molecule has 0 aliphatic carbocycles. The zero-order valence-corrected chi connectivity index (χ0v) is 11.8. The lowest BCUT2D eigenvalue weighted by Crippen LogP contribution is -2.05. The molecule has 0 aliphatic heterocycles. The van der Waals surface area contributed by atoms with Crippen LogP contribution in [0.1, 0.15) is 11.1 Å². The quantitative estimate of drug-likeness (QED) is 0.921. The van der Waals surface area contributed by atoms with Crippen molar-refractivity contribution in [3.05, 3.63) is 58.2 Å². The van der Waals surface area contributed by atoms with Crippen LogP contribution in [-0.4, -0.2) is 12.0 Å². The Kier molecular flexibility index (Phi) is 4.73. The van der Waals surface area contributed by atoms with Crippen LogP contribution in [0.2, 0.25) is 0 Å². The third kappa shape index (κ3) is 3.82. The van der Waals surface area contributed by atoms with Crippen molar-refractivity contribution in [1.29, 1.82) is 0 Å². The maximum Gasteiger partial charge on any atom is 0.213 e. The number of nitrogens with zero attached hydrogens (tertiary/aromatic N) is 1. The van der Waals surface area contributed by atoms with Crippen molar-refractivity contribution >= 4 is 15.9 Å². The monoisotopic (exact) mass is 306 g/mol. The molecule has 2 aromatic rings. The molecule has 94 valence electrons. The zero-order chi connectivity index (χ0) is 12.8. The summed E-state index contributed by atoms with van der Waals surface area (Å²) in [5.74, 6) is 0.655. The number of hydrogen-bond donors (Lipinski definition) is 1. The van der Waals surface area contributed by atoms with Gasteiger partial charge in [0.2, 0.25) is 5.88 Å². The highest BCUT2D eigenvalue weighted by Crippen LogP contribution is 2.15. The number of rotatable bonds is 5. The van der Waals surface area contributed by atoms with E-state index in [0.29, 0.717) is 12.5 Å². The predicted molar refractivity (Wildman–Crippen MR) is 75.5 cm³/mol. The van der Waals surface area contributed by atoms with Gasteiger partial charge in [-0.15, -0.1) is 0 Å². The van der Waals surface area contributed by atoms with Crippen molar-refractivity contribution < 1.29 is 4.74 Å². The fourth-order valence-corrected chi connectivity index (χ4v) is 2.07. The van der Waals surface area contributed by atoms with Gasteiger partial charge in [-0.05, 0) is 36.4 Å². The standard InChI is InChI=1S/C14H15BrN2O/c1-16-9-11-5-6-17-14(8-11)18-10-12-3-2-4-13(15)7-12/h2-8,16H,9-10H2,1H3. The molecule has 0 unspecified atom stereocenters. The van der Waals surface area contributed by atoms with E-state index in [2.05, 4.69) is 26.2 Å². The van der Waals surface area contributed by atoms with Crippen LogP contribution in [0.15, 0.2) is 47.1 Å². The van der Waals surface area contributed by atoms with Crippen LogP contribution in [0.4, 0.5) is 0 Å². The molecule has 1 N–H and O–H groups in total. The highest BCUT2D eigenvalue weighted by molar-refractivity contribution is 9.10. The summed E-state index contributed by atoms with van der Waals surface area (Å²) in [6.45, 7) is 1.34. The van der Waals surface area contributed by atoms with Gasteiger partial charge in [-0.1, -0.05) is 28.1 Å². The highest BCUT2D eigenvalue weighted by Gasteiger charge is 1.99. The van der Waals surface area contributed by atoms with Crippen LogP contribution in [0, 0.1) is 0 Å². The Morgan fingerprint density at radius 1 is 1.22 bits per heavy atom. The molecule has 0 atom stereocenters. The molecule has 0 radical (unpaired) electrons. The van der Waals surface area contributed by atoms with E-state index >= 15 is 0 Å². The molecule has 18 heavy (non-hydrogen) atoms. The predicted octanol–water partition coefficient (Wildman–Crippen LogP) is 3.14. The maximum atomic E-state index is 5.67. The van der Waals surface area contributed by atoms with Gasteiger partial charge >= 0.3 is 0 Å². The molecule has 0 amide bonds. The molecule has 2 rings (SSSR count). The molecule has 0 aliphatic rings. The van der Waals surface area contributed by atoms with Crippen LogP contribution in [0.3, 0.4) is 0 Å². The molecule has 0 spiro atoms.